The van der Waals surface area contributed by atoms with Crippen LogP contribution in [0.4, 0.5) is 5.69 Å². The highest BCUT2D eigenvalue weighted by molar-refractivity contribution is 9.09. The number of amides is 3. The molecule has 0 saturated carbocycles. The number of likely N-dealkylation sites (tertiary alicyclic amines) is 1. The summed E-state index contributed by atoms with van der Waals surface area (Å²) in [7, 11) is 1.68. The topological polar surface area (TPSA) is 90.4 Å². The van der Waals surface area contributed by atoms with Crippen LogP contribution < -0.4 is 4.90 Å². The van der Waals surface area contributed by atoms with Gasteiger partial charge in [-0.3, -0.25) is 14.4 Å². The van der Waals surface area contributed by atoms with E-state index in [0.29, 0.717) is 13.0 Å². The Bertz CT molecular complexity index is 1100. The van der Waals surface area contributed by atoms with E-state index in [1.165, 1.54) is 9.80 Å². The highest BCUT2D eigenvalue weighted by Crippen LogP contribution is 2.60. The quantitative estimate of drug-likeness (QED) is 0.362. The molecule has 0 radical (unpaired) electrons. The summed E-state index contributed by atoms with van der Waals surface area (Å²) in [5, 5.41) is 10.1. The molecule has 3 fully saturated rings. The number of nitrogens with zero attached hydrogens (tertiary/aromatic N) is 3. The van der Waals surface area contributed by atoms with Crippen LogP contribution in [0.25, 0.3) is 0 Å². The van der Waals surface area contributed by atoms with Gasteiger partial charge in [-0.15, -0.1) is 13.2 Å². The first-order valence-corrected chi connectivity index (χ1v) is 13.6. The molecule has 37 heavy (non-hydrogen) atoms. The Hall–Kier alpha value is -2.49. The molecular formula is C28H36BrN3O5. The van der Waals surface area contributed by atoms with Gasteiger partial charge >= 0.3 is 0 Å². The second-order valence-corrected chi connectivity index (χ2v) is 11.6. The van der Waals surface area contributed by atoms with Crippen molar-refractivity contribution in [2.75, 3.05) is 31.6 Å². The van der Waals surface area contributed by atoms with Crippen LogP contribution >= 0.6 is 15.9 Å². The molecule has 0 aliphatic carbocycles. The maximum Gasteiger partial charge on any atom is 0.253 e. The number of alkyl halides is 1. The van der Waals surface area contributed by atoms with Gasteiger partial charge in [0, 0.05) is 30.7 Å². The van der Waals surface area contributed by atoms with Crippen LogP contribution in [0.3, 0.4) is 0 Å². The highest BCUT2D eigenvalue weighted by atomic mass is 79.9. The van der Waals surface area contributed by atoms with Gasteiger partial charge in [0.05, 0.1) is 30.6 Å². The summed E-state index contributed by atoms with van der Waals surface area (Å²) < 4.78 is 6.57. The molecule has 3 unspecified atom stereocenters. The first-order chi connectivity index (χ1) is 17.5. The Morgan fingerprint density at radius 1 is 1.24 bits per heavy atom. The normalized spacial score (nSPS) is 30.7. The lowest BCUT2D eigenvalue weighted by molar-refractivity contribution is -0.146. The first-order valence-electron chi connectivity index (χ1n) is 12.6. The summed E-state index contributed by atoms with van der Waals surface area (Å²) in [6.07, 6.45) is 3.16. The second kappa shape index (κ2) is 10.3. The van der Waals surface area contributed by atoms with E-state index in [1.54, 1.807) is 31.0 Å². The van der Waals surface area contributed by atoms with E-state index in [4.69, 9.17) is 4.74 Å². The fraction of sp³-hybridized carbons (Fsp3) is 0.536. The number of aliphatic hydroxyl groups is 1. The average molecular weight is 575 g/mol. The van der Waals surface area contributed by atoms with Crippen LogP contribution in [0.1, 0.15) is 24.5 Å². The lowest BCUT2D eigenvalue weighted by Crippen LogP contribution is -2.59. The van der Waals surface area contributed by atoms with Crippen LogP contribution in [0, 0.1) is 25.7 Å². The van der Waals surface area contributed by atoms with Crippen molar-refractivity contribution in [1.82, 2.24) is 9.80 Å². The van der Waals surface area contributed by atoms with E-state index >= 15 is 0 Å². The number of hydrogen-bond acceptors (Lipinski definition) is 5. The molecule has 3 amide bonds. The van der Waals surface area contributed by atoms with Crippen molar-refractivity contribution >= 4 is 39.3 Å². The number of likely N-dealkylation sites (N-methyl/N-ethyl adjacent to an activating group) is 1. The van der Waals surface area contributed by atoms with Gasteiger partial charge in [0.2, 0.25) is 11.8 Å². The predicted molar refractivity (Wildman–Crippen MR) is 145 cm³/mol. The standard InChI is InChI=1S/C28H36BrN3O5/c1-7-12-30(6)25(34)20-21-26(35)32(18(5)15-33)24(28(21)14-19(29)23(20)37-28)27(36)31(13-8-2)22-16(3)10-9-11-17(22)4/h7-11,18-21,23-24,33H,1-2,12-15H2,3-6H3/t18-,19?,20-,21+,23-,24?,28?/m1/s1. The van der Waals surface area contributed by atoms with Gasteiger partial charge in [-0.05, 0) is 38.3 Å². The average Bonchev–Trinajstić information content (AvgIpc) is 3.45. The van der Waals surface area contributed by atoms with Crippen molar-refractivity contribution in [1.29, 1.82) is 0 Å². The molecule has 1 aromatic rings. The van der Waals surface area contributed by atoms with Gasteiger partial charge in [-0.25, -0.2) is 0 Å². The monoisotopic (exact) mass is 573 g/mol. The van der Waals surface area contributed by atoms with Crippen molar-refractivity contribution in [3.63, 3.8) is 0 Å². The number of fused-ring (bicyclic) bond motifs is 1. The molecule has 1 spiro atoms. The highest BCUT2D eigenvalue weighted by Gasteiger charge is 2.77. The van der Waals surface area contributed by atoms with Crippen molar-refractivity contribution in [3.8, 4) is 0 Å². The molecular weight excluding hydrogens is 538 g/mol. The minimum Gasteiger partial charge on any atom is -0.394 e. The van der Waals surface area contributed by atoms with Gasteiger partial charge in [-0.1, -0.05) is 46.3 Å². The van der Waals surface area contributed by atoms with Crippen LogP contribution in [0.2, 0.25) is 0 Å². The van der Waals surface area contributed by atoms with Crippen molar-refractivity contribution in [3.05, 3.63) is 54.6 Å². The fourth-order valence-electron chi connectivity index (χ4n) is 6.53. The van der Waals surface area contributed by atoms with E-state index in [2.05, 4.69) is 29.1 Å². The van der Waals surface area contributed by atoms with E-state index < -0.39 is 35.6 Å². The minimum absolute atomic E-state index is 0.199. The third kappa shape index (κ3) is 4.15. The lowest BCUT2D eigenvalue weighted by atomic mass is 9.70. The molecule has 8 nitrogen and oxygen atoms in total. The Morgan fingerprint density at radius 2 is 1.86 bits per heavy atom. The number of carbonyl (C=O) groups is 3. The molecule has 200 valence electrons. The zero-order valence-electron chi connectivity index (χ0n) is 21.9. The van der Waals surface area contributed by atoms with Crippen molar-refractivity contribution < 1.29 is 24.2 Å². The van der Waals surface area contributed by atoms with E-state index in [9.17, 15) is 19.5 Å². The van der Waals surface area contributed by atoms with Crippen LogP contribution in [0.5, 0.6) is 0 Å². The number of ether oxygens (including phenoxy) is 1. The van der Waals surface area contributed by atoms with Crippen LogP contribution in [0.15, 0.2) is 43.5 Å². The Balaban J connectivity index is 1.85. The van der Waals surface area contributed by atoms with Gasteiger partial charge < -0.3 is 24.5 Å². The number of anilines is 1. The molecule has 0 aromatic heterocycles. The van der Waals surface area contributed by atoms with Crippen molar-refractivity contribution in [2.24, 2.45) is 11.8 Å². The molecule has 3 heterocycles. The van der Waals surface area contributed by atoms with Crippen molar-refractivity contribution in [2.45, 2.75) is 55.8 Å². The molecule has 1 aromatic carbocycles. The summed E-state index contributed by atoms with van der Waals surface area (Å²) in [5.41, 5.74) is 1.41. The minimum atomic E-state index is -1.19. The lowest BCUT2D eigenvalue weighted by Gasteiger charge is -2.39. The van der Waals surface area contributed by atoms with Gasteiger partial charge in [-0.2, -0.15) is 0 Å². The number of benzene rings is 1. The number of aliphatic hydroxyl groups excluding tert-OH is 1. The van der Waals surface area contributed by atoms with Gasteiger partial charge in [0.15, 0.2) is 0 Å². The molecule has 7 atom stereocenters. The molecule has 9 heteroatoms. The Morgan fingerprint density at radius 3 is 2.43 bits per heavy atom. The summed E-state index contributed by atoms with van der Waals surface area (Å²) in [4.78, 5) is 46.7. The molecule has 2 bridgehead atoms. The predicted octanol–water partition coefficient (Wildman–Crippen LogP) is 2.60. The van der Waals surface area contributed by atoms with Crippen LogP contribution in [-0.2, 0) is 19.1 Å². The Labute approximate surface area is 227 Å². The zero-order valence-corrected chi connectivity index (χ0v) is 23.5. The summed E-state index contributed by atoms with van der Waals surface area (Å²) in [5.74, 6) is -2.40. The number of carbonyl (C=O) groups excluding carboxylic acids is 3. The number of aryl methyl sites for hydroxylation is 2. The number of hydrogen-bond donors (Lipinski definition) is 1. The maximum atomic E-state index is 14.6. The van der Waals surface area contributed by atoms with E-state index in [1.807, 2.05) is 32.0 Å². The van der Waals surface area contributed by atoms with Gasteiger partial charge in [0.25, 0.3) is 5.91 Å². The second-order valence-electron chi connectivity index (χ2n) is 10.4. The van der Waals surface area contributed by atoms with Gasteiger partial charge in [0.1, 0.15) is 11.6 Å². The number of halogens is 1. The third-order valence-corrected chi connectivity index (χ3v) is 8.90. The third-order valence-electron chi connectivity index (χ3n) is 8.05. The SMILES string of the molecule is C=CCN(C)C(=O)[C@H]1[C@@H]2OC3(CC2Br)C(C(=O)N(CC=C)c2c(C)cccc2C)N([C@H](C)CO)C(=O)[C@H]13. The van der Waals surface area contributed by atoms with E-state index in [-0.39, 0.29) is 35.7 Å². The zero-order chi connectivity index (χ0) is 27.2. The van der Waals surface area contributed by atoms with Crippen LogP contribution in [-0.4, -0.2) is 88.0 Å². The van der Waals surface area contributed by atoms with E-state index in [0.717, 1.165) is 16.8 Å². The summed E-state index contributed by atoms with van der Waals surface area (Å²) in [6.45, 7) is 13.4. The number of para-hydroxylation sites is 1. The largest absolute Gasteiger partial charge is 0.394 e. The molecule has 3 saturated heterocycles. The number of rotatable bonds is 9. The molecule has 1 N–H and O–H groups in total. The molecule has 4 rings (SSSR count). The molecule has 3 aliphatic heterocycles. The maximum absolute atomic E-state index is 14.6. The molecule has 3 aliphatic rings. The summed E-state index contributed by atoms with van der Waals surface area (Å²) >= 11 is 3.69. The fourth-order valence-corrected chi connectivity index (χ4v) is 7.47. The first kappa shape index (κ1) is 27.5. The smallest absolute Gasteiger partial charge is 0.253 e. The Kier molecular flexibility index (Phi) is 7.70. The summed E-state index contributed by atoms with van der Waals surface area (Å²) in [6, 6.07) is 4.18.